The van der Waals surface area contributed by atoms with Crippen molar-refractivity contribution in [2.75, 3.05) is 0 Å². The summed E-state index contributed by atoms with van der Waals surface area (Å²) in [6, 6.07) is 9.53. The van der Waals surface area contributed by atoms with Crippen molar-refractivity contribution in [1.82, 2.24) is 5.32 Å². The number of unbranched alkanes of at least 4 members (excludes halogenated alkanes) is 1. The standard InChI is InChI=1S/C14H21NO2/c1-3-4-10-13(14(16)17)15-11(2)12-8-6-5-7-9-12/h5-9,11,13,15H,3-4,10H2,1-2H3,(H,16,17). The number of carboxylic acid groups (broad SMARTS) is 1. The predicted octanol–water partition coefficient (Wildman–Crippen LogP) is 2.98. The molecule has 0 radical (unpaired) electrons. The van der Waals surface area contributed by atoms with Crippen LogP contribution in [0.25, 0.3) is 0 Å². The van der Waals surface area contributed by atoms with Crippen molar-refractivity contribution in [2.24, 2.45) is 0 Å². The number of carboxylic acids is 1. The molecule has 0 saturated heterocycles. The zero-order chi connectivity index (χ0) is 12.7. The van der Waals surface area contributed by atoms with Crippen LogP contribution in [-0.2, 0) is 4.79 Å². The number of aliphatic carboxylic acids is 1. The summed E-state index contributed by atoms with van der Waals surface area (Å²) in [5.74, 6) is -0.763. The first kappa shape index (κ1) is 13.7. The van der Waals surface area contributed by atoms with Crippen LogP contribution in [0, 0.1) is 0 Å². The maximum Gasteiger partial charge on any atom is 0.320 e. The molecule has 0 bridgehead atoms. The number of benzene rings is 1. The predicted molar refractivity (Wildman–Crippen MR) is 68.9 cm³/mol. The zero-order valence-electron chi connectivity index (χ0n) is 10.5. The van der Waals surface area contributed by atoms with Gasteiger partial charge in [-0.15, -0.1) is 0 Å². The summed E-state index contributed by atoms with van der Waals surface area (Å²) in [5.41, 5.74) is 1.12. The molecular formula is C14H21NO2. The Bertz CT molecular complexity index is 337. The lowest BCUT2D eigenvalue weighted by molar-refractivity contribution is -0.139. The van der Waals surface area contributed by atoms with Crippen LogP contribution in [0.5, 0.6) is 0 Å². The van der Waals surface area contributed by atoms with Gasteiger partial charge in [-0.05, 0) is 18.9 Å². The molecule has 2 unspecified atom stereocenters. The molecule has 2 N–H and O–H groups in total. The second-order valence-electron chi connectivity index (χ2n) is 4.33. The smallest absolute Gasteiger partial charge is 0.320 e. The molecule has 1 rings (SSSR count). The van der Waals surface area contributed by atoms with Crippen molar-refractivity contribution < 1.29 is 9.90 Å². The first-order chi connectivity index (χ1) is 8.15. The fourth-order valence-corrected chi connectivity index (χ4v) is 1.83. The molecule has 0 heterocycles. The van der Waals surface area contributed by atoms with Crippen LogP contribution in [0.4, 0.5) is 0 Å². The number of hydrogen-bond donors (Lipinski definition) is 2. The average molecular weight is 235 g/mol. The van der Waals surface area contributed by atoms with E-state index < -0.39 is 12.0 Å². The van der Waals surface area contributed by atoms with Gasteiger partial charge in [0.05, 0.1) is 0 Å². The number of hydrogen-bond acceptors (Lipinski definition) is 2. The highest BCUT2D eigenvalue weighted by Gasteiger charge is 2.19. The lowest BCUT2D eigenvalue weighted by atomic mass is 10.1. The topological polar surface area (TPSA) is 49.3 Å². The van der Waals surface area contributed by atoms with E-state index >= 15 is 0 Å². The Hall–Kier alpha value is -1.35. The van der Waals surface area contributed by atoms with Gasteiger partial charge >= 0.3 is 5.97 Å². The maximum atomic E-state index is 11.1. The van der Waals surface area contributed by atoms with Gasteiger partial charge in [0.2, 0.25) is 0 Å². The Balaban J connectivity index is 2.58. The Morgan fingerprint density at radius 1 is 1.35 bits per heavy atom. The molecule has 3 nitrogen and oxygen atoms in total. The van der Waals surface area contributed by atoms with Crippen molar-refractivity contribution in [3.8, 4) is 0 Å². The molecule has 0 saturated carbocycles. The third kappa shape index (κ3) is 4.57. The first-order valence-corrected chi connectivity index (χ1v) is 6.19. The van der Waals surface area contributed by atoms with Gasteiger partial charge < -0.3 is 5.11 Å². The van der Waals surface area contributed by atoms with Crippen molar-refractivity contribution >= 4 is 5.97 Å². The van der Waals surface area contributed by atoms with Crippen LogP contribution in [0.15, 0.2) is 30.3 Å². The normalized spacial score (nSPS) is 14.2. The van der Waals surface area contributed by atoms with Gasteiger partial charge in [0.1, 0.15) is 6.04 Å². The Morgan fingerprint density at radius 3 is 2.53 bits per heavy atom. The molecule has 17 heavy (non-hydrogen) atoms. The Kier molecular flexibility index (Phi) is 5.70. The van der Waals surface area contributed by atoms with Gasteiger partial charge in [-0.1, -0.05) is 50.1 Å². The minimum Gasteiger partial charge on any atom is -0.480 e. The van der Waals surface area contributed by atoms with Crippen molar-refractivity contribution in [2.45, 2.75) is 45.2 Å². The van der Waals surface area contributed by atoms with Gasteiger partial charge in [-0.3, -0.25) is 10.1 Å². The van der Waals surface area contributed by atoms with Crippen molar-refractivity contribution in [3.63, 3.8) is 0 Å². The summed E-state index contributed by atoms with van der Waals surface area (Å²) >= 11 is 0. The van der Waals surface area contributed by atoms with Gasteiger partial charge in [0.25, 0.3) is 0 Å². The summed E-state index contributed by atoms with van der Waals surface area (Å²) in [7, 11) is 0. The minimum absolute atomic E-state index is 0.0640. The van der Waals surface area contributed by atoms with Crippen LogP contribution in [0.1, 0.15) is 44.7 Å². The highest BCUT2D eigenvalue weighted by molar-refractivity contribution is 5.73. The first-order valence-electron chi connectivity index (χ1n) is 6.19. The van der Waals surface area contributed by atoms with Crippen molar-refractivity contribution in [1.29, 1.82) is 0 Å². The van der Waals surface area contributed by atoms with Crippen LogP contribution in [0.2, 0.25) is 0 Å². The molecule has 0 spiro atoms. The largest absolute Gasteiger partial charge is 0.480 e. The highest BCUT2D eigenvalue weighted by atomic mass is 16.4. The Labute approximate surface area is 103 Å². The zero-order valence-corrected chi connectivity index (χ0v) is 10.5. The second-order valence-corrected chi connectivity index (χ2v) is 4.33. The monoisotopic (exact) mass is 235 g/mol. The molecule has 2 atom stereocenters. The number of rotatable bonds is 7. The molecule has 0 aliphatic rings. The van der Waals surface area contributed by atoms with E-state index in [1.54, 1.807) is 0 Å². The summed E-state index contributed by atoms with van der Waals surface area (Å²) in [6.07, 6.45) is 2.64. The fourth-order valence-electron chi connectivity index (χ4n) is 1.83. The fraction of sp³-hybridized carbons (Fsp3) is 0.500. The lowest BCUT2D eigenvalue weighted by Crippen LogP contribution is -2.38. The van der Waals surface area contributed by atoms with E-state index in [2.05, 4.69) is 12.2 Å². The molecule has 0 aromatic heterocycles. The van der Waals surface area contributed by atoms with E-state index in [4.69, 9.17) is 5.11 Å². The van der Waals surface area contributed by atoms with E-state index in [1.807, 2.05) is 37.3 Å². The minimum atomic E-state index is -0.763. The number of carbonyl (C=O) groups is 1. The quantitative estimate of drug-likeness (QED) is 0.764. The van der Waals surface area contributed by atoms with E-state index in [0.29, 0.717) is 6.42 Å². The summed E-state index contributed by atoms with van der Waals surface area (Å²) < 4.78 is 0. The molecule has 0 fully saturated rings. The summed E-state index contributed by atoms with van der Waals surface area (Å²) in [5, 5.41) is 12.3. The molecule has 0 aliphatic carbocycles. The molecule has 1 aromatic carbocycles. The third-order valence-electron chi connectivity index (χ3n) is 2.90. The number of nitrogens with one attached hydrogen (secondary N) is 1. The van der Waals surface area contributed by atoms with E-state index in [9.17, 15) is 4.79 Å². The highest BCUT2D eigenvalue weighted by Crippen LogP contribution is 2.13. The third-order valence-corrected chi connectivity index (χ3v) is 2.90. The Morgan fingerprint density at radius 2 is 2.00 bits per heavy atom. The molecule has 0 amide bonds. The second kappa shape index (κ2) is 7.07. The summed E-state index contributed by atoms with van der Waals surface area (Å²) in [4.78, 5) is 11.1. The summed E-state index contributed by atoms with van der Waals surface area (Å²) in [6.45, 7) is 4.07. The van der Waals surface area contributed by atoms with Crippen LogP contribution in [-0.4, -0.2) is 17.1 Å². The van der Waals surface area contributed by atoms with Gasteiger partial charge in [0, 0.05) is 6.04 Å². The van der Waals surface area contributed by atoms with Crippen molar-refractivity contribution in [3.05, 3.63) is 35.9 Å². The molecular weight excluding hydrogens is 214 g/mol. The molecule has 3 heteroatoms. The molecule has 0 aliphatic heterocycles. The van der Waals surface area contributed by atoms with Gasteiger partial charge in [-0.25, -0.2) is 0 Å². The van der Waals surface area contributed by atoms with E-state index in [0.717, 1.165) is 18.4 Å². The van der Waals surface area contributed by atoms with Crippen LogP contribution >= 0.6 is 0 Å². The SMILES string of the molecule is CCCCC(NC(C)c1ccccc1)C(=O)O. The van der Waals surface area contributed by atoms with Crippen LogP contribution in [0.3, 0.4) is 0 Å². The van der Waals surface area contributed by atoms with E-state index in [-0.39, 0.29) is 6.04 Å². The molecule has 1 aromatic rings. The van der Waals surface area contributed by atoms with E-state index in [1.165, 1.54) is 0 Å². The van der Waals surface area contributed by atoms with Gasteiger partial charge in [0.15, 0.2) is 0 Å². The van der Waals surface area contributed by atoms with Gasteiger partial charge in [-0.2, -0.15) is 0 Å². The lowest BCUT2D eigenvalue weighted by Gasteiger charge is -2.20. The van der Waals surface area contributed by atoms with Crippen LogP contribution < -0.4 is 5.32 Å². The molecule has 94 valence electrons. The maximum absolute atomic E-state index is 11.1. The average Bonchev–Trinajstić information content (AvgIpc) is 2.35.